The lowest BCUT2D eigenvalue weighted by molar-refractivity contribution is -0.142. The molecule has 1 amide bonds. The first-order chi connectivity index (χ1) is 10.4. The van der Waals surface area contributed by atoms with Crippen LogP contribution >= 0.6 is 7.60 Å². The predicted octanol–water partition coefficient (Wildman–Crippen LogP) is 2.59. The van der Waals surface area contributed by atoms with Crippen LogP contribution in [-0.4, -0.2) is 32.3 Å². The molecule has 1 unspecified atom stereocenters. The van der Waals surface area contributed by atoms with E-state index in [2.05, 4.69) is 0 Å². The number of carbonyl (C=O) groups excluding carboxylic acids is 1. The van der Waals surface area contributed by atoms with Crippen molar-refractivity contribution in [3.63, 3.8) is 0 Å². The zero-order valence-electron chi connectivity index (χ0n) is 12.1. The Hall–Kier alpha value is -1.23. The van der Waals surface area contributed by atoms with Crippen LogP contribution in [0.3, 0.4) is 0 Å². The predicted molar refractivity (Wildman–Crippen MR) is 78.7 cm³/mol. The minimum atomic E-state index is -4.45. The molecule has 22 heavy (non-hydrogen) atoms. The zero-order chi connectivity index (χ0) is 15.9. The van der Waals surface area contributed by atoms with Crippen LogP contribution in [-0.2, 0) is 9.36 Å². The molecule has 120 valence electrons. The van der Waals surface area contributed by atoms with Crippen molar-refractivity contribution < 1.29 is 23.5 Å². The summed E-state index contributed by atoms with van der Waals surface area (Å²) in [6.07, 6.45) is 3.27. The van der Waals surface area contributed by atoms with Crippen LogP contribution in [0.4, 0.5) is 4.39 Å². The van der Waals surface area contributed by atoms with E-state index in [4.69, 9.17) is 0 Å². The summed E-state index contributed by atoms with van der Waals surface area (Å²) < 4.78 is 25.0. The van der Waals surface area contributed by atoms with Gasteiger partial charge in [-0.3, -0.25) is 9.36 Å². The lowest BCUT2D eigenvalue weighted by Gasteiger charge is -2.47. The van der Waals surface area contributed by atoms with E-state index in [0.29, 0.717) is 18.4 Å². The molecule has 2 aliphatic heterocycles. The molecule has 0 spiro atoms. The number of hydrogen-bond acceptors (Lipinski definition) is 2. The Labute approximate surface area is 128 Å². The van der Waals surface area contributed by atoms with Crippen molar-refractivity contribution in [1.29, 1.82) is 0 Å². The van der Waals surface area contributed by atoms with E-state index in [1.54, 1.807) is 17.0 Å². The molecule has 0 bridgehead atoms. The molecule has 0 aromatic heterocycles. The Balaban J connectivity index is 1.94. The maximum absolute atomic E-state index is 13.5. The number of amides is 1. The van der Waals surface area contributed by atoms with Gasteiger partial charge in [0.1, 0.15) is 11.5 Å². The quantitative estimate of drug-likeness (QED) is 0.819. The highest BCUT2D eigenvalue weighted by Crippen LogP contribution is 2.50. The molecule has 2 aliphatic rings. The van der Waals surface area contributed by atoms with Gasteiger partial charge in [0.15, 0.2) is 0 Å². The van der Waals surface area contributed by atoms with E-state index in [1.807, 2.05) is 0 Å². The van der Waals surface area contributed by atoms with Crippen LogP contribution in [0.2, 0.25) is 0 Å². The number of carbonyl (C=O) groups is 1. The van der Waals surface area contributed by atoms with Crippen LogP contribution in [0.5, 0.6) is 0 Å². The number of nitrogens with zero attached hydrogens (tertiary/aromatic N) is 1. The fraction of sp³-hybridized carbons (Fsp3) is 0.533. The molecular formula is C15H19FNO4P. The molecular weight excluding hydrogens is 308 g/mol. The molecule has 2 fully saturated rings. The highest BCUT2D eigenvalue weighted by molar-refractivity contribution is 7.53. The van der Waals surface area contributed by atoms with E-state index >= 15 is 0 Å². The van der Waals surface area contributed by atoms with Crippen molar-refractivity contribution in [3.8, 4) is 0 Å². The average molecular weight is 327 g/mol. The number of hydrogen-bond donors (Lipinski definition) is 2. The second-order valence-electron chi connectivity index (χ2n) is 6.08. The molecule has 1 aromatic rings. The van der Waals surface area contributed by atoms with Crippen molar-refractivity contribution in [2.75, 3.05) is 0 Å². The summed E-state index contributed by atoms with van der Waals surface area (Å²) in [6, 6.07) is 5.82. The summed E-state index contributed by atoms with van der Waals surface area (Å²) in [5.41, 5.74) is -0.553. The molecule has 3 atom stereocenters. The molecule has 2 heterocycles. The summed E-state index contributed by atoms with van der Waals surface area (Å²) in [5, 5.41) is 0. The van der Waals surface area contributed by atoms with Gasteiger partial charge in [-0.15, -0.1) is 0 Å². The first-order valence-electron chi connectivity index (χ1n) is 7.51. The van der Waals surface area contributed by atoms with Gasteiger partial charge in [0.05, 0.1) is 6.04 Å². The van der Waals surface area contributed by atoms with Crippen molar-refractivity contribution >= 4 is 13.5 Å². The Morgan fingerprint density at radius 1 is 1.18 bits per heavy atom. The van der Waals surface area contributed by atoms with Gasteiger partial charge in [-0.25, -0.2) is 4.39 Å². The Kier molecular flexibility index (Phi) is 4.10. The van der Waals surface area contributed by atoms with Gasteiger partial charge < -0.3 is 14.7 Å². The van der Waals surface area contributed by atoms with E-state index in [1.165, 1.54) is 12.1 Å². The fourth-order valence-electron chi connectivity index (χ4n) is 3.70. The Bertz CT molecular complexity index is 632. The van der Waals surface area contributed by atoms with Gasteiger partial charge in [0.25, 0.3) is 0 Å². The fourth-order valence-corrected chi connectivity index (χ4v) is 4.60. The highest BCUT2D eigenvalue weighted by atomic mass is 31.2. The third kappa shape index (κ3) is 2.83. The maximum atomic E-state index is 13.5. The van der Waals surface area contributed by atoms with Crippen LogP contribution in [0, 0.1) is 5.82 Å². The minimum Gasteiger partial charge on any atom is -0.332 e. The summed E-state index contributed by atoms with van der Waals surface area (Å²) in [5.74, 6) is -0.853. The number of benzene rings is 1. The first-order valence-corrected chi connectivity index (χ1v) is 9.19. The number of piperidine rings is 2. The summed E-state index contributed by atoms with van der Waals surface area (Å²) >= 11 is 0. The monoisotopic (exact) mass is 327 g/mol. The third-order valence-electron chi connectivity index (χ3n) is 4.70. The van der Waals surface area contributed by atoms with E-state index in [0.717, 1.165) is 12.8 Å². The molecule has 3 rings (SSSR count). The van der Waals surface area contributed by atoms with Crippen LogP contribution < -0.4 is 0 Å². The maximum Gasteiger partial charge on any atom is 0.337 e. The second-order valence-corrected chi connectivity index (χ2v) is 7.88. The summed E-state index contributed by atoms with van der Waals surface area (Å²) in [6.45, 7) is 0. The van der Waals surface area contributed by atoms with E-state index in [9.17, 15) is 23.5 Å². The van der Waals surface area contributed by atoms with Gasteiger partial charge in [-0.05, 0) is 49.8 Å². The van der Waals surface area contributed by atoms with Crippen LogP contribution in [0.25, 0.3) is 0 Å². The average Bonchev–Trinajstić information content (AvgIpc) is 2.45. The molecule has 2 N–H and O–H groups in total. The normalized spacial score (nSPS) is 29.3. The topological polar surface area (TPSA) is 77.8 Å². The minimum absolute atomic E-state index is 0.00248. The van der Waals surface area contributed by atoms with Crippen LogP contribution in [0.1, 0.15) is 43.7 Å². The van der Waals surface area contributed by atoms with E-state index < -0.39 is 19.2 Å². The van der Waals surface area contributed by atoms with Gasteiger partial charge in [0.2, 0.25) is 5.91 Å². The van der Waals surface area contributed by atoms with Gasteiger partial charge in [-0.2, -0.15) is 0 Å². The van der Waals surface area contributed by atoms with Gasteiger partial charge in [-0.1, -0.05) is 12.1 Å². The smallest absolute Gasteiger partial charge is 0.332 e. The highest BCUT2D eigenvalue weighted by Gasteiger charge is 2.47. The van der Waals surface area contributed by atoms with Crippen molar-refractivity contribution in [3.05, 3.63) is 35.6 Å². The first kappa shape index (κ1) is 15.7. The van der Waals surface area contributed by atoms with Gasteiger partial charge in [0, 0.05) is 6.04 Å². The number of fused-ring (bicyclic) bond motifs is 1. The van der Waals surface area contributed by atoms with Crippen molar-refractivity contribution in [2.45, 2.75) is 49.8 Å². The van der Waals surface area contributed by atoms with E-state index in [-0.39, 0.29) is 24.3 Å². The lowest BCUT2D eigenvalue weighted by atomic mass is 9.85. The standard InChI is InChI=1S/C15H19FNO4P/c16-11-4-1-3-10(9-11)13-6-2-5-12-7-8-14(22(19,20)21)15(18)17(12)13/h1,3-4,9,12-14H,2,5-8H2,(H2,19,20,21)/t12-,13+,14?/m1/s1. The largest absolute Gasteiger partial charge is 0.337 e. The molecule has 7 heteroatoms. The molecule has 2 saturated heterocycles. The van der Waals surface area contributed by atoms with Crippen molar-refractivity contribution in [2.24, 2.45) is 0 Å². The third-order valence-corrected chi connectivity index (χ3v) is 5.99. The molecule has 5 nitrogen and oxygen atoms in total. The summed E-state index contributed by atoms with van der Waals surface area (Å²) in [7, 11) is -4.45. The van der Waals surface area contributed by atoms with Crippen LogP contribution in [0.15, 0.2) is 24.3 Å². The number of halogens is 1. The molecule has 0 saturated carbocycles. The Morgan fingerprint density at radius 3 is 2.64 bits per heavy atom. The summed E-state index contributed by atoms with van der Waals surface area (Å²) in [4.78, 5) is 33.0. The lowest BCUT2D eigenvalue weighted by Crippen LogP contribution is -2.53. The molecule has 1 aromatic carbocycles. The molecule has 0 aliphatic carbocycles. The number of rotatable bonds is 2. The second kappa shape index (κ2) is 5.76. The SMILES string of the molecule is O=C1C(P(=O)(O)O)CC[C@H]2CCC[C@@H](c3cccc(F)c3)N12. The van der Waals surface area contributed by atoms with Crippen molar-refractivity contribution in [1.82, 2.24) is 4.90 Å². The Morgan fingerprint density at radius 2 is 1.95 bits per heavy atom. The zero-order valence-corrected chi connectivity index (χ0v) is 13.0. The molecule has 0 radical (unpaired) electrons. The van der Waals surface area contributed by atoms with Gasteiger partial charge >= 0.3 is 7.60 Å².